The van der Waals surface area contributed by atoms with Crippen molar-refractivity contribution >= 4 is 27.6 Å². The molecule has 194 valence electrons. The Labute approximate surface area is 215 Å². The van der Waals surface area contributed by atoms with E-state index in [1.807, 2.05) is 0 Å². The maximum atomic E-state index is 13.5. The third-order valence-electron chi connectivity index (χ3n) is 6.31. The molecule has 1 aliphatic rings. The number of hydrogen-bond donors (Lipinski definition) is 1. The number of anilines is 1. The monoisotopic (exact) mass is 536 g/mol. The van der Waals surface area contributed by atoms with E-state index in [-0.39, 0.29) is 11.9 Å². The van der Waals surface area contributed by atoms with Crippen molar-refractivity contribution in [1.29, 1.82) is 0 Å². The van der Waals surface area contributed by atoms with E-state index in [1.54, 1.807) is 36.6 Å². The number of sulfonamides is 1. The van der Waals surface area contributed by atoms with Crippen LogP contribution in [-0.2, 0) is 14.8 Å². The predicted molar refractivity (Wildman–Crippen MR) is 135 cm³/mol. The lowest BCUT2D eigenvalue weighted by Crippen LogP contribution is -2.31. The van der Waals surface area contributed by atoms with Crippen LogP contribution in [-0.4, -0.2) is 65.8 Å². The average molecular weight is 537 g/mol. The Morgan fingerprint density at radius 2 is 1.81 bits per heavy atom. The molecule has 13 heteroatoms. The lowest BCUT2D eigenvalue weighted by molar-refractivity contribution is 0.0775. The Balaban J connectivity index is 1.77. The van der Waals surface area contributed by atoms with Gasteiger partial charge in [0.2, 0.25) is 16.0 Å². The van der Waals surface area contributed by atoms with Gasteiger partial charge in [-0.1, -0.05) is 24.6 Å². The molecule has 1 fully saturated rings. The van der Waals surface area contributed by atoms with Gasteiger partial charge in [0.05, 0.1) is 31.1 Å². The molecule has 3 atom stereocenters. The first-order valence-corrected chi connectivity index (χ1v) is 13.4. The van der Waals surface area contributed by atoms with Crippen LogP contribution >= 0.6 is 11.6 Å². The van der Waals surface area contributed by atoms with Gasteiger partial charge in [0, 0.05) is 30.8 Å². The zero-order valence-corrected chi connectivity index (χ0v) is 22.1. The Hall–Kier alpha value is -2.96. The number of ether oxygens (including phenoxy) is 3. The standard InChI is InChI=1S/C23H29ClN6O5S/c1-14(21-25-11-17(24)12-26-21)15(2)36(31,32)29-23-28-27-22(16-7-6-10-35-13-16)30(23)20-18(33-3)8-5-9-19(20)34-4/h5,8-9,11-12,14-16H,6-7,10,13H2,1-4H3,(H,28,29)/t14?,15?,16-/m1/s1. The van der Waals surface area contributed by atoms with Crippen molar-refractivity contribution in [3.63, 3.8) is 0 Å². The fourth-order valence-electron chi connectivity index (χ4n) is 4.10. The van der Waals surface area contributed by atoms with Crippen molar-refractivity contribution in [2.24, 2.45) is 0 Å². The molecule has 1 N–H and O–H groups in total. The highest BCUT2D eigenvalue weighted by Crippen LogP contribution is 2.38. The summed E-state index contributed by atoms with van der Waals surface area (Å²) in [6.07, 6.45) is 4.56. The zero-order chi connectivity index (χ0) is 25.9. The molecule has 1 saturated heterocycles. The van der Waals surface area contributed by atoms with Gasteiger partial charge in [0.1, 0.15) is 28.8 Å². The third kappa shape index (κ3) is 5.25. The highest BCUT2D eigenvalue weighted by molar-refractivity contribution is 7.93. The maximum Gasteiger partial charge on any atom is 0.243 e. The molecule has 2 unspecified atom stereocenters. The molecule has 3 heterocycles. The number of hydrogen-bond acceptors (Lipinski definition) is 9. The zero-order valence-electron chi connectivity index (χ0n) is 20.5. The number of rotatable bonds is 9. The smallest absolute Gasteiger partial charge is 0.243 e. The molecule has 0 bridgehead atoms. The lowest BCUT2D eigenvalue weighted by Gasteiger charge is -2.24. The van der Waals surface area contributed by atoms with Crippen molar-refractivity contribution in [2.75, 3.05) is 32.2 Å². The third-order valence-corrected chi connectivity index (χ3v) is 8.36. The van der Waals surface area contributed by atoms with Crippen molar-refractivity contribution in [1.82, 2.24) is 24.7 Å². The summed E-state index contributed by atoms with van der Waals surface area (Å²) in [5.74, 6) is 1.28. The lowest BCUT2D eigenvalue weighted by atomic mass is 10.0. The van der Waals surface area contributed by atoms with Gasteiger partial charge in [-0.05, 0) is 31.9 Å². The highest BCUT2D eigenvalue weighted by atomic mass is 35.5. The molecule has 2 aromatic heterocycles. The fraction of sp³-hybridized carbons (Fsp3) is 0.478. The summed E-state index contributed by atoms with van der Waals surface area (Å²) < 4.78 is 48.2. The van der Waals surface area contributed by atoms with Gasteiger partial charge in [0.15, 0.2) is 0 Å². The molecule has 4 rings (SSSR count). The molecule has 0 radical (unpaired) electrons. The second-order valence-corrected chi connectivity index (χ2v) is 11.0. The topological polar surface area (TPSA) is 130 Å². The summed E-state index contributed by atoms with van der Waals surface area (Å²) in [5, 5.41) is 8.09. The number of nitrogens with zero attached hydrogens (tertiary/aromatic N) is 5. The van der Waals surface area contributed by atoms with E-state index in [0.29, 0.717) is 47.1 Å². The Morgan fingerprint density at radius 3 is 2.39 bits per heavy atom. The molecular weight excluding hydrogens is 508 g/mol. The van der Waals surface area contributed by atoms with Crippen LogP contribution in [0.5, 0.6) is 11.5 Å². The van der Waals surface area contributed by atoms with Gasteiger partial charge in [-0.3, -0.25) is 9.29 Å². The largest absolute Gasteiger partial charge is 0.494 e. The Bertz CT molecular complexity index is 1270. The second-order valence-electron chi connectivity index (χ2n) is 8.54. The first-order chi connectivity index (χ1) is 17.3. The number of methoxy groups -OCH3 is 2. The average Bonchev–Trinajstić information content (AvgIpc) is 3.30. The molecule has 1 aliphatic heterocycles. The first kappa shape index (κ1) is 26.1. The van der Waals surface area contributed by atoms with E-state index >= 15 is 0 Å². The van der Waals surface area contributed by atoms with Crippen LogP contribution in [0.15, 0.2) is 30.6 Å². The minimum Gasteiger partial charge on any atom is -0.494 e. The van der Waals surface area contributed by atoms with Crippen molar-refractivity contribution < 1.29 is 22.6 Å². The fourth-order valence-corrected chi connectivity index (χ4v) is 5.43. The predicted octanol–water partition coefficient (Wildman–Crippen LogP) is 3.56. The maximum absolute atomic E-state index is 13.5. The minimum atomic E-state index is -3.96. The summed E-state index contributed by atoms with van der Waals surface area (Å²) in [6, 6.07) is 5.31. The van der Waals surface area contributed by atoms with Crippen LogP contribution < -0.4 is 14.2 Å². The van der Waals surface area contributed by atoms with Crippen molar-refractivity contribution in [3.05, 3.63) is 47.3 Å². The van der Waals surface area contributed by atoms with E-state index in [0.717, 1.165) is 12.8 Å². The normalized spacial score (nSPS) is 17.9. The van der Waals surface area contributed by atoms with Crippen LogP contribution in [0, 0.1) is 0 Å². The minimum absolute atomic E-state index is 0.0226. The SMILES string of the molecule is COc1cccc(OC)c1-n1c(NS(=O)(=O)C(C)C(C)c2ncc(Cl)cn2)nnc1[C@@H]1CCCOC1. The van der Waals surface area contributed by atoms with Crippen LogP contribution in [0.4, 0.5) is 5.95 Å². The highest BCUT2D eigenvalue weighted by Gasteiger charge is 2.33. The van der Waals surface area contributed by atoms with E-state index in [2.05, 4.69) is 24.9 Å². The van der Waals surface area contributed by atoms with E-state index in [1.165, 1.54) is 26.6 Å². The number of aromatic nitrogens is 5. The van der Waals surface area contributed by atoms with Crippen LogP contribution in [0.3, 0.4) is 0 Å². The number of para-hydroxylation sites is 1. The molecule has 0 saturated carbocycles. The second kappa shape index (κ2) is 11.0. The van der Waals surface area contributed by atoms with Crippen LogP contribution in [0.1, 0.15) is 50.2 Å². The Morgan fingerprint density at radius 1 is 1.14 bits per heavy atom. The molecule has 0 amide bonds. The van der Waals surface area contributed by atoms with Crippen molar-refractivity contribution in [3.8, 4) is 17.2 Å². The Kier molecular flexibility index (Phi) is 7.96. The van der Waals surface area contributed by atoms with E-state index in [9.17, 15) is 8.42 Å². The van der Waals surface area contributed by atoms with Crippen LogP contribution in [0.2, 0.25) is 5.02 Å². The quantitative estimate of drug-likeness (QED) is 0.436. The summed E-state index contributed by atoms with van der Waals surface area (Å²) in [5.41, 5.74) is 0.493. The van der Waals surface area contributed by atoms with Gasteiger partial charge >= 0.3 is 0 Å². The molecule has 0 aliphatic carbocycles. The molecule has 1 aromatic carbocycles. The van der Waals surface area contributed by atoms with Gasteiger partial charge in [0.25, 0.3) is 0 Å². The number of benzene rings is 1. The summed E-state index contributed by atoms with van der Waals surface area (Å²) in [7, 11) is -0.890. The van der Waals surface area contributed by atoms with E-state index < -0.39 is 21.2 Å². The van der Waals surface area contributed by atoms with Gasteiger partial charge in [-0.2, -0.15) is 0 Å². The van der Waals surface area contributed by atoms with Gasteiger partial charge in [-0.25, -0.2) is 18.4 Å². The molecular formula is C23H29ClN6O5S. The van der Waals surface area contributed by atoms with Crippen LogP contribution in [0.25, 0.3) is 5.69 Å². The number of halogens is 1. The molecule has 0 spiro atoms. The number of nitrogens with one attached hydrogen (secondary N) is 1. The first-order valence-electron chi connectivity index (χ1n) is 11.5. The molecule has 11 nitrogen and oxygen atoms in total. The van der Waals surface area contributed by atoms with Gasteiger partial charge < -0.3 is 14.2 Å². The summed E-state index contributed by atoms with van der Waals surface area (Å²) >= 11 is 5.88. The van der Waals surface area contributed by atoms with Gasteiger partial charge in [-0.15, -0.1) is 10.2 Å². The van der Waals surface area contributed by atoms with E-state index in [4.69, 9.17) is 25.8 Å². The molecule has 3 aromatic rings. The summed E-state index contributed by atoms with van der Waals surface area (Å²) in [6.45, 7) is 4.45. The molecule has 36 heavy (non-hydrogen) atoms. The summed E-state index contributed by atoms with van der Waals surface area (Å²) in [4.78, 5) is 8.36. The van der Waals surface area contributed by atoms with Crippen molar-refractivity contribution in [2.45, 2.75) is 43.8 Å².